The fraction of sp³-hybridized carbons (Fsp3) is 0.200. The average Bonchev–Trinajstić information content (AvgIpc) is 2.47. The largest absolute Gasteiger partial charge is 0.416 e. The van der Waals surface area contributed by atoms with Gasteiger partial charge in [0.05, 0.1) is 10.5 Å². The van der Waals surface area contributed by atoms with Gasteiger partial charge in [-0.2, -0.15) is 17.5 Å². The summed E-state index contributed by atoms with van der Waals surface area (Å²) in [6, 6.07) is 8.56. The molecule has 3 nitrogen and oxygen atoms in total. The molecule has 0 aliphatic carbocycles. The lowest BCUT2D eigenvalue weighted by atomic mass is 10.1. The van der Waals surface area contributed by atoms with Gasteiger partial charge in [-0.3, -0.25) is 0 Å². The van der Waals surface area contributed by atoms with E-state index in [2.05, 4.69) is 0 Å². The number of hydrogen-bond donors (Lipinski definition) is 0. The van der Waals surface area contributed by atoms with Gasteiger partial charge in [0.2, 0.25) is 10.0 Å². The highest BCUT2D eigenvalue weighted by molar-refractivity contribution is 7.89. The second kappa shape index (κ2) is 6.29. The van der Waals surface area contributed by atoms with Crippen molar-refractivity contribution < 1.29 is 26.0 Å². The van der Waals surface area contributed by atoms with E-state index in [0.29, 0.717) is 5.56 Å². The zero-order valence-corrected chi connectivity index (χ0v) is 12.8. The Balaban J connectivity index is 2.18. The van der Waals surface area contributed by atoms with Gasteiger partial charge in [0.25, 0.3) is 0 Å². The molecule has 0 bridgehead atoms. The molecule has 0 saturated heterocycles. The molecule has 8 heteroatoms. The molecule has 0 amide bonds. The number of nitrogens with zero attached hydrogens (tertiary/aromatic N) is 1. The quantitative estimate of drug-likeness (QED) is 0.792. The Morgan fingerprint density at radius 2 is 1.48 bits per heavy atom. The summed E-state index contributed by atoms with van der Waals surface area (Å²) in [4.78, 5) is -0.0895. The number of sulfonamides is 1. The molecule has 0 N–H and O–H groups in total. The predicted octanol–water partition coefficient (Wildman–Crippen LogP) is 3.67. The van der Waals surface area contributed by atoms with Gasteiger partial charge in [-0.25, -0.2) is 12.8 Å². The highest BCUT2D eigenvalue weighted by Gasteiger charge is 2.30. The van der Waals surface area contributed by atoms with Gasteiger partial charge in [0, 0.05) is 13.6 Å². The smallest absolute Gasteiger partial charge is 0.207 e. The van der Waals surface area contributed by atoms with Gasteiger partial charge in [0.15, 0.2) is 0 Å². The maximum absolute atomic E-state index is 12.9. The molecular formula is C15H13F4NO2S. The van der Waals surface area contributed by atoms with Crippen LogP contribution in [0.4, 0.5) is 17.6 Å². The normalized spacial score (nSPS) is 12.6. The van der Waals surface area contributed by atoms with Crippen LogP contribution in [0, 0.1) is 5.82 Å². The molecule has 0 aliphatic heterocycles. The summed E-state index contributed by atoms with van der Waals surface area (Å²) in [5, 5.41) is 0. The fourth-order valence-electron chi connectivity index (χ4n) is 1.93. The van der Waals surface area contributed by atoms with Crippen molar-refractivity contribution in [2.24, 2.45) is 0 Å². The van der Waals surface area contributed by atoms with Crippen LogP contribution >= 0.6 is 0 Å². The molecule has 0 spiro atoms. The number of rotatable bonds is 4. The first-order valence-electron chi connectivity index (χ1n) is 6.49. The number of alkyl halides is 3. The van der Waals surface area contributed by atoms with Crippen molar-refractivity contribution in [1.29, 1.82) is 0 Å². The SMILES string of the molecule is CN(Cc1ccc(C(F)(F)F)cc1)S(=O)(=O)c1ccc(F)cc1. The molecule has 124 valence electrons. The first-order chi connectivity index (χ1) is 10.6. The molecule has 0 saturated carbocycles. The number of halogens is 4. The molecule has 2 rings (SSSR count). The summed E-state index contributed by atoms with van der Waals surface area (Å²) < 4.78 is 75.9. The van der Waals surface area contributed by atoms with Crippen LogP contribution in [0.3, 0.4) is 0 Å². The minimum absolute atomic E-state index is 0.0895. The fourth-order valence-corrected chi connectivity index (χ4v) is 3.09. The van der Waals surface area contributed by atoms with Crippen molar-refractivity contribution in [1.82, 2.24) is 4.31 Å². The Morgan fingerprint density at radius 1 is 0.957 bits per heavy atom. The van der Waals surface area contributed by atoms with Gasteiger partial charge >= 0.3 is 6.18 Å². The maximum atomic E-state index is 12.9. The molecule has 0 unspecified atom stereocenters. The van der Waals surface area contributed by atoms with Crippen molar-refractivity contribution in [2.45, 2.75) is 17.6 Å². The highest BCUT2D eigenvalue weighted by Crippen LogP contribution is 2.29. The first kappa shape index (κ1) is 17.4. The Morgan fingerprint density at radius 3 is 1.96 bits per heavy atom. The molecule has 0 aliphatic rings. The van der Waals surface area contributed by atoms with Gasteiger partial charge in [-0.05, 0) is 42.0 Å². The summed E-state index contributed by atoms with van der Waals surface area (Å²) in [5.74, 6) is -0.561. The van der Waals surface area contributed by atoms with Crippen LogP contribution in [0.1, 0.15) is 11.1 Å². The highest BCUT2D eigenvalue weighted by atomic mass is 32.2. The molecule has 0 radical (unpaired) electrons. The van der Waals surface area contributed by atoms with Crippen molar-refractivity contribution in [3.05, 3.63) is 65.5 Å². The second-order valence-corrected chi connectivity index (χ2v) is 6.95. The van der Waals surface area contributed by atoms with Crippen LogP contribution in [0.15, 0.2) is 53.4 Å². The summed E-state index contributed by atoms with van der Waals surface area (Å²) in [5.41, 5.74) is -0.392. The molecule has 0 fully saturated rings. The van der Waals surface area contributed by atoms with E-state index in [1.807, 2.05) is 0 Å². The maximum Gasteiger partial charge on any atom is 0.416 e. The van der Waals surface area contributed by atoms with Gasteiger partial charge < -0.3 is 0 Å². The lowest BCUT2D eigenvalue weighted by molar-refractivity contribution is -0.137. The third-order valence-corrected chi connectivity index (χ3v) is 5.03. The van der Waals surface area contributed by atoms with E-state index in [1.54, 1.807) is 0 Å². The summed E-state index contributed by atoms with van der Waals surface area (Å²) >= 11 is 0. The lowest BCUT2D eigenvalue weighted by Crippen LogP contribution is -2.26. The Labute approximate surface area is 131 Å². The van der Waals surface area contributed by atoms with E-state index in [9.17, 15) is 26.0 Å². The summed E-state index contributed by atoms with van der Waals surface area (Å²) in [7, 11) is -2.55. The lowest BCUT2D eigenvalue weighted by Gasteiger charge is -2.17. The monoisotopic (exact) mass is 347 g/mol. The zero-order valence-electron chi connectivity index (χ0n) is 12.0. The molecule has 23 heavy (non-hydrogen) atoms. The van der Waals surface area contributed by atoms with Crippen molar-refractivity contribution in [2.75, 3.05) is 7.05 Å². The predicted molar refractivity (Wildman–Crippen MR) is 76.5 cm³/mol. The van der Waals surface area contributed by atoms with Crippen LogP contribution in [0.5, 0.6) is 0 Å². The Hall–Kier alpha value is -1.93. The van der Waals surface area contributed by atoms with Crippen molar-refractivity contribution in [3.8, 4) is 0 Å². The summed E-state index contributed by atoms with van der Waals surface area (Å²) in [6.45, 7) is -0.0994. The standard InChI is InChI=1S/C15H13F4NO2S/c1-20(23(21,22)14-8-6-13(16)7-9-14)10-11-2-4-12(5-3-11)15(17,18)19/h2-9H,10H2,1H3. The Kier molecular flexibility index (Phi) is 4.76. The molecule has 2 aromatic carbocycles. The first-order valence-corrected chi connectivity index (χ1v) is 7.93. The van der Waals surface area contributed by atoms with Crippen molar-refractivity contribution in [3.63, 3.8) is 0 Å². The van der Waals surface area contributed by atoms with E-state index in [4.69, 9.17) is 0 Å². The number of benzene rings is 2. The third-order valence-electron chi connectivity index (χ3n) is 3.21. The van der Waals surface area contributed by atoms with E-state index >= 15 is 0 Å². The topological polar surface area (TPSA) is 37.4 Å². The van der Waals surface area contributed by atoms with Crippen molar-refractivity contribution >= 4 is 10.0 Å². The van der Waals surface area contributed by atoms with Crippen LogP contribution in [-0.2, 0) is 22.7 Å². The molecule has 0 aromatic heterocycles. The minimum Gasteiger partial charge on any atom is -0.207 e. The molecule has 2 aromatic rings. The summed E-state index contributed by atoms with van der Waals surface area (Å²) in [6.07, 6.45) is -4.44. The molecular weight excluding hydrogens is 334 g/mol. The van der Waals surface area contributed by atoms with Gasteiger partial charge in [-0.15, -0.1) is 0 Å². The van der Waals surface area contributed by atoms with Crippen LogP contribution in [0.2, 0.25) is 0 Å². The molecule has 0 atom stereocenters. The van der Waals surface area contributed by atoms with Crippen LogP contribution in [-0.4, -0.2) is 19.8 Å². The van der Waals surface area contributed by atoms with Crippen LogP contribution < -0.4 is 0 Å². The second-order valence-electron chi connectivity index (χ2n) is 4.91. The minimum atomic E-state index is -4.44. The van der Waals surface area contributed by atoms with E-state index in [-0.39, 0.29) is 11.4 Å². The average molecular weight is 347 g/mol. The van der Waals surface area contributed by atoms with E-state index in [0.717, 1.165) is 40.7 Å². The van der Waals surface area contributed by atoms with Gasteiger partial charge in [-0.1, -0.05) is 12.1 Å². The van der Waals surface area contributed by atoms with E-state index in [1.165, 1.54) is 19.2 Å². The Bertz CT molecular complexity index is 769. The van der Waals surface area contributed by atoms with Gasteiger partial charge in [0.1, 0.15) is 5.82 Å². The van der Waals surface area contributed by atoms with Crippen LogP contribution in [0.25, 0.3) is 0 Å². The zero-order chi connectivity index (χ0) is 17.3. The van der Waals surface area contributed by atoms with E-state index < -0.39 is 27.6 Å². The molecule has 0 heterocycles. The number of hydrogen-bond acceptors (Lipinski definition) is 2. The third kappa shape index (κ3) is 4.08.